The van der Waals surface area contributed by atoms with Gasteiger partial charge >= 0.3 is 5.97 Å². The highest BCUT2D eigenvalue weighted by atomic mass is 79.9. The molecule has 0 aromatic heterocycles. The van der Waals surface area contributed by atoms with E-state index in [1.54, 1.807) is 25.1 Å². The molecular weight excluding hydrogens is 558 g/mol. The molecule has 1 saturated heterocycles. The molecule has 192 valence electrons. The van der Waals surface area contributed by atoms with Crippen molar-refractivity contribution in [2.45, 2.75) is 33.0 Å². The molecular formula is C28H26BrNO6S. The van der Waals surface area contributed by atoms with Crippen LogP contribution in [0.5, 0.6) is 11.5 Å². The fraction of sp³-hybridized carbons (Fsp3) is 0.250. The van der Waals surface area contributed by atoms with Gasteiger partial charge in [-0.15, -0.1) is 0 Å². The predicted octanol–water partition coefficient (Wildman–Crippen LogP) is 6.57. The number of nitrogens with zero attached hydrogens (tertiary/aromatic N) is 1. The molecule has 0 spiro atoms. The smallest absolute Gasteiger partial charge is 0.326 e. The third kappa shape index (κ3) is 6.17. The molecule has 0 aliphatic carbocycles. The monoisotopic (exact) mass is 583 g/mol. The molecule has 2 amide bonds. The van der Waals surface area contributed by atoms with E-state index in [0.29, 0.717) is 34.6 Å². The summed E-state index contributed by atoms with van der Waals surface area (Å²) in [5, 5.41) is 1.73. The summed E-state index contributed by atoms with van der Waals surface area (Å²) < 4.78 is 17.5. The van der Waals surface area contributed by atoms with Crippen LogP contribution in [0.2, 0.25) is 0 Å². The Morgan fingerprint density at radius 2 is 1.89 bits per heavy atom. The Morgan fingerprint density at radius 3 is 2.65 bits per heavy atom. The van der Waals surface area contributed by atoms with Crippen molar-refractivity contribution in [3.05, 3.63) is 75.1 Å². The number of amides is 2. The Labute approximate surface area is 227 Å². The molecule has 0 bridgehead atoms. The van der Waals surface area contributed by atoms with Gasteiger partial charge in [0.15, 0.2) is 11.5 Å². The zero-order valence-corrected chi connectivity index (χ0v) is 23.1. The average molecular weight is 584 g/mol. The standard InChI is InChI=1S/C28H26BrNO6S/c1-4-17(2)36-25(31)15-30-27(32)24(37-28(30)33)14-18-12-22(29)26(23(13-18)34-3)35-16-20-10-7-9-19-8-5-6-11-21(19)20/h5-14,17H,4,15-16H2,1-3H3/b24-14+/t17-/m1/s1. The van der Waals surface area contributed by atoms with Crippen LogP contribution < -0.4 is 9.47 Å². The molecule has 4 rings (SSSR count). The fourth-order valence-corrected chi connectivity index (χ4v) is 5.21. The van der Waals surface area contributed by atoms with Gasteiger partial charge in [-0.25, -0.2) is 0 Å². The van der Waals surface area contributed by atoms with Crippen molar-refractivity contribution in [1.82, 2.24) is 4.90 Å². The lowest BCUT2D eigenvalue weighted by atomic mass is 10.1. The largest absolute Gasteiger partial charge is 0.493 e. The Bertz CT molecular complexity index is 1380. The maximum absolute atomic E-state index is 12.8. The van der Waals surface area contributed by atoms with Crippen LogP contribution in [0.1, 0.15) is 31.4 Å². The summed E-state index contributed by atoms with van der Waals surface area (Å²) >= 11 is 4.33. The summed E-state index contributed by atoms with van der Waals surface area (Å²) in [6.07, 6.45) is 1.95. The van der Waals surface area contributed by atoms with Crippen LogP contribution in [-0.4, -0.2) is 41.8 Å². The number of benzene rings is 3. The molecule has 3 aromatic carbocycles. The lowest BCUT2D eigenvalue weighted by Crippen LogP contribution is -2.35. The van der Waals surface area contributed by atoms with Gasteiger partial charge in [0.2, 0.25) is 0 Å². The van der Waals surface area contributed by atoms with E-state index >= 15 is 0 Å². The molecule has 0 radical (unpaired) electrons. The van der Waals surface area contributed by atoms with Crippen molar-refractivity contribution in [2.24, 2.45) is 0 Å². The summed E-state index contributed by atoms with van der Waals surface area (Å²) in [5.41, 5.74) is 1.67. The first-order chi connectivity index (χ1) is 17.8. The minimum atomic E-state index is -0.616. The number of carbonyl (C=O) groups is 3. The molecule has 0 N–H and O–H groups in total. The van der Waals surface area contributed by atoms with Crippen LogP contribution in [-0.2, 0) is 20.9 Å². The second kappa shape index (κ2) is 11.8. The zero-order chi connectivity index (χ0) is 26.5. The van der Waals surface area contributed by atoms with Crippen LogP contribution in [0.3, 0.4) is 0 Å². The zero-order valence-electron chi connectivity index (χ0n) is 20.7. The number of esters is 1. The topological polar surface area (TPSA) is 82.1 Å². The van der Waals surface area contributed by atoms with Crippen LogP contribution in [0, 0.1) is 0 Å². The quantitative estimate of drug-likeness (QED) is 0.208. The number of rotatable bonds is 9. The molecule has 1 heterocycles. The number of methoxy groups -OCH3 is 1. The Morgan fingerprint density at radius 1 is 1.14 bits per heavy atom. The lowest BCUT2D eigenvalue weighted by Gasteiger charge is -2.15. The summed E-state index contributed by atoms with van der Waals surface area (Å²) in [6.45, 7) is 3.56. The van der Waals surface area contributed by atoms with E-state index in [4.69, 9.17) is 14.2 Å². The first-order valence-electron chi connectivity index (χ1n) is 11.7. The van der Waals surface area contributed by atoms with E-state index in [1.165, 1.54) is 7.11 Å². The molecule has 9 heteroatoms. The molecule has 0 saturated carbocycles. The van der Waals surface area contributed by atoms with Crippen molar-refractivity contribution in [3.8, 4) is 11.5 Å². The molecule has 1 aliphatic rings. The summed E-state index contributed by atoms with van der Waals surface area (Å²) in [6, 6.07) is 17.7. The maximum atomic E-state index is 12.8. The van der Waals surface area contributed by atoms with Crippen LogP contribution in [0.4, 0.5) is 4.79 Å². The third-order valence-corrected chi connectivity index (χ3v) is 7.37. The van der Waals surface area contributed by atoms with Gasteiger partial charge in [0.1, 0.15) is 13.2 Å². The van der Waals surface area contributed by atoms with Crippen molar-refractivity contribution < 1.29 is 28.6 Å². The van der Waals surface area contributed by atoms with E-state index in [0.717, 1.165) is 33.0 Å². The highest BCUT2D eigenvalue weighted by molar-refractivity contribution is 9.10. The van der Waals surface area contributed by atoms with Crippen LogP contribution in [0.25, 0.3) is 16.8 Å². The fourth-order valence-electron chi connectivity index (χ4n) is 3.79. The second-order valence-electron chi connectivity index (χ2n) is 8.44. The normalized spacial score (nSPS) is 15.4. The summed E-state index contributed by atoms with van der Waals surface area (Å²) in [4.78, 5) is 38.4. The number of fused-ring (bicyclic) bond motifs is 1. The molecule has 7 nitrogen and oxygen atoms in total. The highest BCUT2D eigenvalue weighted by Crippen LogP contribution is 2.39. The molecule has 3 aromatic rings. The van der Waals surface area contributed by atoms with E-state index in [-0.39, 0.29) is 11.0 Å². The molecule has 1 aliphatic heterocycles. The Hall–Kier alpha value is -3.30. The van der Waals surface area contributed by atoms with Crippen molar-refractivity contribution in [2.75, 3.05) is 13.7 Å². The number of carbonyl (C=O) groups excluding carboxylic acids is 3. The van der Waals surface area contributed by atoms with Gasteiger partial charge in [0.05, 0.1) is 22.6 Å². The molecule has 37 heavy (non-hydrogen) atoms. The van der Waals surface area contributed by atoms with Crippen molar-refractivity contribution in [3.63, 3.8) is 0 Å². The Kier molecular flexibility index (Phi) is 8.56. The lowest BCUT2D eigenvalue weighted by molar-refractivity contribution is -0.150. The van der Waals surface area contributed by atoms with Gasteiger partial charge in [-0.2, -0.15) is 0 Å². The molecule has 1 atom stereocenters. The third-order valence-electron chi connectivity index (χ3n) is 5.87. The number of hydrogen-bond acceptors (Lipinski definition) is 7. The molecule has 0 unspecified atom stereocenters. The molecule has 1 fully saturated rings. The summed E-state index contributed by atoms with van der Waals surface area (Å²) in [5.74, 6) is -0.164. The van der Waals surface area contributed by atoms with E-state index in [1.807, 2.05) is 31.2 Å². The van der Waals surface area contributed by atoms with Gasteiger partial charge in [-0.05, 0) is 81.1 Å². The van der Waals surface area contributed by atoms with Gasteiger partial charge in [-0.1, -0.05) is 49.4 Å². The van der Waals surface area contributed by atoms with Gasteiger partial charge in [0, 0.05) is 0 Å². The maximum Gasteiger partial charge on any atom is 0.326 e. The number of hydrogen-bond donors (Lipinski definition) is 0. The van der Waals surface area contributed by atoms with Crippen LogP contribution >= 0.6 is 27.7 Å². The second-order valence-corrected chi connectivity index (χ2v) is 10.3. The highest BCUT2D eigenvalue weighted by Gasteiger charge is 2.37. The van der Waals surface area contributed by atoms with Gasteiger partial charge in [0.25, 0.3) is 11.1 Å². The number of thioether (sulfide) groups is 1. The van der Waals surface area contributed by atoms with Gasteiger partial charge < -0.3 is 14.2 Å². The van der Waals surface area contributed by atoms with Crippen molar-refractivity contribution in [1.29, 1.82) is 0 Å². The first kappa shape index (κ1) is 26.8. The summed E-state index contributed by atoms with van der Waals surface area (Å²) in [7, 11) is 1.53. The van der Waals surface area contributed by atoms with Gasteiger partial charge in [-0.3, -0.25) is 19.3 Å². The Balaban J connectivity index is 1.52. The first-order valence-corrected chi connectivity index (χ1v) is 13.3. The minimum Gasteiger partial charge on any atom is -0.493 e. The van der Waals surface area contributed by atoms with E-state index < -0.39 is 23.7 Å². The SMILES string of the molecule is CC[C@@H](C)OC(=O)CN1C(=O)S/C(=C/c2cc(Br)c(OCc3cccc4ccccc34)c(OC)c2)C1=O. The number of ether oxygens (including phenoxy) is 3. The van der Waals surface area contributed by atoms with E-state index in [9.17, 15) is 14.4 Å². The minimum absolute atomic E-state index is 0.208. The van der Waals surface area contributed by atoms with E-state index in [2.05, 4.69) is 34.1 Å². The number of halogens is 1. The average Bonchev–Trinajstić information content (AvgIpc) is 3.14. The van der Waals surface area contributed by atoms with Crippen LogP contribution in [0.15, 0.2) is 64.0 Å². The number of imide groups is 1. The van der Waals surface area contributed by atoms with Crippen molar-refractivity contribution >= 4 is 61.7 Å². The predicted molar refractivity (Wildman–Crippen MR) is 147 cm³/mol.